The van der Waals surface area contributed by atoms with Crippen LogP contribution in [0.2, 0.25) is 0 Å². The summed E-state index contributed by atoms with van der Waals surface area (Å²) in [7, 11) is 0. The third-order valence-corrected chi connectivity index (χ3v) is 10.7. The van der Waals surface area contributed by atoms with Crippen molar-refractivity contribution in [3.8, 4) is 45.6 Å². The van der Waals surface area contributed by atoms with E-state index in [0.29, 0.717) is 52.5 Å². The van der Waals surface area contributed by atoms with Gasteiger partial charge in [0.05, 0.1) is 35.3 Å². The van der Waals surface area contributed by atoms with Crippen molar-refractivity contribution in [1.29, 1.82) is 0 Å². The standard InChI is InChI=1S/C41H32N8O2S.Cu/c1-4-41(2,3)40(50)51-20-11-21-52-23-18-19-30-31(22-23)39-48-37-29-17-10-9-16-28(29)35(46-37)44-33-25-13-6-5-12-24(25)32(42-33)43-34-26-14-7-8-15-27(26)36(45-34)47-38(30)49-39;/h5-10,12-19,22H,4,11,20-21H2,1-3H3;/q-2;+2. The van der Waals surface area contributed by atoms with Crippen molar-refractivity contribution in [2.24, 2.45) is 5.41 Å². The van der Waals surface area contributed by atoms with Gasteiger partial charge in [0, 0.05) is 55.5 Å². The van der Waals surface area contributed by atoms with Crippen LogP contribution in [0.15, 0.2) is 95.9 Å². The fraction of sp³-hybridized carbons (Fsp3) is 0.195. The Balaban J connectivity index is 0.00000400. The molecule has 0 saturated carbocycles. The summed E-state index contributed by atoms with van der Waals surface area (Å²) < 4.78 is 5.56. The zero-order valence-corrected chi connectivity index (χ0v) is 30.9. The molecule has 2 aliphatic heterocycles. The van der Waals surface area contributed by atoms with E-state index in [1.165, 1.54) is 0 Å². The summed E-state index contributed by atoms with van der Waals surface area (Å²) in [6, 6.07) is 30.0. The smallest absolute Gasteiger partial charge is 0.465 e. The van der Waals surface area contributed by atoms with E-state index in [1.807, 2.05) is 99.6 Å². The van der Waals surface area contributed by atoms with Crippen LogP contribution in [-0.2, 0) is 26.6 Å². The molecule has 53 heavy (non-hydrogen) atoms. The van der Waals surface area contributed by atoms with E-state index < -0.39 is 5.41 Å². The first-order valence-corrected chi connectivity index (χ1v) is 18.3. The van der Waals surface area contributed by atoms with Crippen molar-refractivity contribution in [2.75, 3.05) is 12.4 Å². The zero-order chi connectivity index (χ0) is 35.4. The van der Waals surface area contributed by atoms with Gasteiger partial charge >= 0.3 is 23.0 Å². The van der Waals surface area contributed by atoms with Gasteiger partial charge < -0.3 is 34.6 Å². The van der Waals surface area contributed by atoms with Crippen LogP contribution in [0.5, 0.6) is 0 Å². The molecular formula is C41H32CuN8O2S. The van der Waals surface area contributed by atoms with E-state index in [-0.39, 0.29) is 23.0 Å². The average Bonchev–Trinajstić information content (AvgIpc) is 3.90. The van der Waals surface area contributed by atoms with Gasteiger partial charge in [0.2, 0.25) is 0 Å². The number of carbonyl (C=O) groups excluding carboxylic acids is 1. The number of aromatic nitrogens is 8. The molecule has 0 N–H and O–H groups in total. The summed E-state index contributed by atoms with van der Waals surface area (Å²) in [4.78, 5) is 53.4. The van der Waals surface area contributed by atoms with Gasteiger partial charge in [-0.25, -0.2) is 9.97 Å². The van der Waals surface area contributed by atoms with Crippen LogP contribution < -0.4 is 9.97 Å². The van der Waals surface area contributed by atoms with Gasteiger partial charge in [-0.05, 0) is 60.4 Å². The summed E-state index contributed by atoms with van der Waals surface area (Å²) in [6.07, 6.45) is 1.47. The molecule has 5 heterocycles. The summed E-state index contributed by atoms with van der Waals surface area (Å²) in [5, 5.41) is 3.45. The third kappa shape index (κ3) is 6.26. The second-order valence-corrected chi connectivity index (χ2v) is 14.6. The van der Waals surface area contributed by atoms with Crippen LogP contribution in [0.25, 0.3) is 89.7 Å². The summed E-state index contributed by atoms with van der Waals surface area (Å²) >= 11 is 1.70. The number of esters is 1. The van der Waals surface area contributed by atoms with E-state index in [1.54, 1.807) is 11.8 Å². The maximum Gasteiger partial charge on any atom is 2.00 e. The van der Waals surface area contributed by atoms with Crippen molar-refractivity contribution in [3.63, 3.8) is 0 Å². The Labute approximate surface area is 319 Å². The van der Waals surface area contributed by atoms with Gasteiger partial charge in [0.15, 0.2) is 0 Å². The molecule has 7 aromatic rings. The molecular weight excluding hydrogens is 732 g/mol. The van der Waals surface area contributed by atoms with Crippen LogP contribution in [-0.4, -0.2) is 48.2 Å². The molecule has 4 aromatic carbocycles. The molecule has 0 spiro atoms. The first-order valence-electron chi connectivity index (χ1n) is 17.3. The molecule has 0 fully saturated rings. The predicted octanol–water partition coefficient (Wildman–Crippen LogP) is 8.59. The molecule has 1 radical (unpaired) electrons. The zero-order valence-electron chi connectivity index (χ0n) is 29.1. The Hall–Kier alpha value is -5.42. The van der Waals surface area contributed by atoms with Gasteiger partial charge in [-0.3, -0.25) is 4.79 Å². The monoisotopic (exact) mass is 763 g/mol. The second-order valence-electron chi connectivity index (χ2n) is 13.4. The molecule has 0 unspecified atom stereocenters. The predicted molar refractivity (Wildman–Crippen MR) is 204 cm³/mol. The van der Waals surface area contributed by atoms with Crippen LogP contribution in [0.1, 0.15) is 33.6 Å². The first-order chi connectivity index (χ1) is 25.4. The maximum absolute atomic E-state index is 12.4. The minimum absolute atomic E-state index is 0. The van der Waals surface area contributed by atoms with E-state index >= 15 is 0 Å². The number of nitrogens with zero attached hydrogens (tertiary/aromatic N) is 8. The fourth-order valence-corrected chi connectivity index (χ4v) is 7.20. The van der Waals surface area contributed by atoms with Gasteiger partial charge in [0.25, 0.3) is 0 Å². The van der Waals surface area contributed by atoms with Crippen molar-refractivity contribution < 1.29 is 26.6 Å². The summed E-state index contributed by atoms with van der Waals surface area (Å²) in [6.45, 7) is 6.21. The second kappa shape index (κ2) is 13.9. The normalized spacial score (nSPS) is 12.0. The van der Waals surface area contributed by atoms with Crippen LogP contribution in [0, 0.1) is 5.41 Å². The molecule has 9 rings (SSSR count). The molecule has 0 amide bonds. The molecule has 0 aliphatic carbocycles. The minimum atomic E-state index is -0.475. The average molecular weight is 764 g/mol. The number of benzene rings is 4. The largest absolute Gasteiger partial charge is 2.00 e. The quantitative estimate of drug-likeness (QED) is 0.0669. The number of fused-ring (bicyclic) bond motifs is 20. The number of ether oxygens (including phenoxy) is 1. The Kier molecular flexibility index (Phi) is 9.06. The van der Waals surface area contributed by atoms with Gasteiger partial charge in [-0.15, -0.1) is 11.8 Å². The van der Waals surface area contributed by atoms with E-state index in [2.05, 4.69) is 12.1 Å². The molecule has 12 heteroatoms. The summed E-state index contributed by atoms with van der Waals surface area (Å²) in [5.74, 6) is 2.71. The van der Waals surface area contributed by atoms with Crippen LogP contribution in [0.3, 0.4) is 0 Å². The number of hydrogen-bond acceptors (Lipinski definition) is 9. The van der Waals surface area contributed by atoms with Gasteiger partial charge in [0.1, 0.15) is 0 Å². The van der Waals surface area contributed by atoms with E-state index in [0.717, 1.165) is 67.3 Å². The Morgan fingerprint density at radius 2 is 1.06 bits per heavy atom. The molecule has 8 bridgehead atoms. The Bertz CT molecular complexity index is 2740. The van der Waals surface area contributed by atoms with Crippen LogP contribution in [0.4, 0.5) is 0 Å². The van der Waals surface area contributed by atoms with Gasteiger partial charge in [-0.2, -0.15) is 0 Å². The maximum atomic E-state index is 12.4. The molecule has 0 saturated heterocycles. The van der Waals surface area contributed by atoms with Gasteiger partial charge in [-0.1, -0.05) is 85.8 Å². The van der Waals surface area contributed by atoms with Crippen molar-refractivity contribution >= 4 is 61.9 Å². The first kappa shape index (κ1) is 34.7. The third-order valence-electron chi connectivity index (χ3n) is 9.62. The Morgan fingerprint density at radius 3 is 1.53 bits per heavy atom. The number of thioether (sulfide) groups is 1. The van der Waals surface area contributed by atoms with E-state index in [9.17, 15) is 4.79 Å². The molecule has 0 atom stereocenters. The van der Waals surface area contributed by atoms with E-state index in [4.69, 9.17) is 44.6 Å². The van der Waals surface area contributed by atoms with Crippen molar-refractivity contribution in [2.45, 2.75) is 38.5 Å². The molecule has 265 valence electrons. The Morgan fingerprint density at radius 1 is 0.623 bits per heavy atom. The van der Waals surface area contributed by atoms with Crippen molar-refractivity contribution in [3.05, 3.63) is 91.0 Å². The molecule has 10 nitrogen and oxygen atoms in total. The number of hydrogen-bond donors (Lipinski definition) is 0. The minimum Gasteiger partial charge on any atom is -0.465 e. The number of rotatable bonds is 7. The van der Waals surface area contributed by atoms with Crippen LogP contribution >= 0.6 is 11.8 Å². The molecule has 3 aromatic heterocycles. The topological polar surface area (TPSA) is 132 Å². The fourth-order valence-electron chi connectivity index (χ4n) is 6.33. The number of carbonyl (C=O) groups is 1. The summed E-state index contributed by atoms with van der Waals surface area (Å²) in [5.41, 5.74) is 5.06. The van der Waals surface area contributed by atoms with Crippen molar-refractivity contribution in [1.82, 2.24) is 39.9 Å². The SMILES string of the molecule is CCC(C)(C)C(=O)OCCCSc1ccc2c3nc4nc(nc5[n-]c(nc6nc(nc([n-]3)c2c1)-c1ccccc1-6)c1ccccc51)-c1ccccc1-4.[Cu+2]. The molecule has 2 aliphatic rings.